The summed E-state index contributed by atoms with van der Waals surface area (Å²) in [5.41, 5.74) is 1.03. The fourth-order valence-corrected chi connectivity index (χ4v) is 3.04. The van der Waals surface area contributed by atoms with Crippen molar-refractivity contribution < 1.29 is 19.4 Å². The molecule has 6 heteroatoms. The van der Waals surface area contributed by atoms with Crippen molar-refractivity contribution in [2.45, 2.75) is 44.7 Å². The number of nitrogens with one attached hydrogen (secondary N) is 1. The Hall–Kier alpha value is -2.24. The van der Waals surface area contributed by atoms with Crippen LogP contribution in [0.5, 0.6) is 5.75 Å². The number of carboxylic acids is 1. The molecule has 0 bridgehead atoms. The quantitative estimate of drug-likeness (QED) is 0.867. The minimum absolute atomic E-state index is 0.0543. The zero-order valence-electron chi connectivity index (χ0n) is 14.5. The number of carboxylic acid groups (broad SMARTS) is 1. The lowest BCUT2D eigenvalue weighted by molar-refractivity contribution is -0.142. The molecule has 2 N–H and O–H groups in total. The maximum absolute atomic E-state index is 12.4. The first-order valence-electron chi connectivity index (χ1n) is 8.32. The van der Waals surface area contributed by atoms with E-state index in [-0.39, 0.29) is 24.0 Å². The average Bonchev–Trinajstić information content (AvgIpc) is 2.61. The van der Waals surface area contributed by atoms with Crippen LogP contribution in [0.25, 0.3) is 0 Å². The molecule has 1 aliphatic rings. The maximum atomic E-state index is 12.4. The molecule has 1 atom stereocenters. The Morgan fingerprint density at radius 3 is 2.29 bits per heavy atom. The molecule has 0 aromatic heterocycles. The van der Waals surface area contributed by atoms with Gasteiger partial charge in [0.15, 0.2) is 0 Å². The van der Waals surface area contributed by atoms with Crippen molar-refractivity contribution in [2.75, 3.05) is 14.2 Å². The predicted molar refractivity (Wildman–Crippen MR) is 91.1 cm³/mol. The Morgan fingerprint density at radius 1 is 1.21 bits per heavy atom. The van der Waals surface area contributed by atoms with Crippen LogP contribution in [0.3, 0.4) is 0 Å². The monoisotopic (exact) mass is 334 g/mol. The van der Waals surface area contributed by atoms with E-state index in [9.17, 15) is 9.59 Å². The first-order chi connectivity index (χ1) is 11.4. The summed E-state index contributed by atoms with van der Waals surface area (Å²) in [6.07, 6.45) is 2.68. The van der Waals surface area contributed by atoms with Gasteiger partial charge in [0.25, 0.3) is 0 Å². The number of carbonyl (C=O) groups excluding carboxylic acids is 1. The minimum atomic E-state index is -0.731. The molecule has 1 fully saturated rings. The Kier molecular flexibility index (Phi) is 6.06. The molecular formula is C18H26N2O4. The molecule has 0 radical (unpaired) electrons. The standard InChI is InChI=1S/C18H26N2O4/c1-12(13-6-10-16(24-3)11-7-13)20(2)18(23)19-15-8-4-14(5-9-15)17(21)22/h6-7,10-12,14-15H,4-5,8-9H2,1-3H3,(H,19,23)(H,21,22). The Bertz CT molecular complexity index is 565. The molecule has 132 valence electrons. The lowest BCUT2D eigenvalue weighted by Crippen LogP contribution is -2.45. The molecule has 1 aromatic rings. The number of hydrogen-bond acceptors (Lipinski definition) is 3. The summed E-state index contributed by atoms with van der Waals surface area (Å²) in [7, 11) is 3.39. The van der Waals surface area contributed by atoms with Crippen LogP contribution in [0.1, 0.15) is 44.2 Å². The number of aliphatic carboxylic acids is 1. The molecule has 1 unspecified atom stereocenters. The lowest BCUT2D eigenvalue weighted by Gasteiger charge is -2.31. The van der Waals surface area contributed by atoms with E-state index in [4.69, 9.17) is 9.84 Å². The fourth-order valence-electron chi connectivity index (χ4n) is 3.04. The van der Waals surface area contributed by atoms with E-state index in [0.717, 1.165) is 11.3 Å². The summed E-state index contributed by atoms with van der Waals surface area (Å²) in [5.74, 6) is -0.215. The largest absolute Gasteiger partial charge is 0.497 e. The van der Waals surface area contributed by atoms with Gasteiger partial charge in [-0.3, -0.25) is 4.79 Å². The van der Waals surface area contributed by atoms with Gasteiger partial charge in [-0.1, -0.05) is 12.1 Å². The van der Waals surface area contributed by atoms with Crippen LogP contribution in [0.2, 0.25) is 0 Å². The van der Waals surface area contributed by atoms with E-state index in [0.29, 0.717) is 25.7 Å². The molecule has 0 saturated heterocycles. The van der Waals surface area contributed by atoms with E-state index < -0.39 is 5.97 Å². The van der Waals surface area contributed by atoms with E-state index >= 15 is 0 Å². The zero-order valence-corrected chi connectivity index (χ0v) is 14.5. The molecule has 0 heterocycles. The number of nitrogens with zero attached hydrogens (tertiary/aromatic N) is 1. The minimum Gasteiger partial charge on any atom is -0.497 e. The molecule has 0 spiro atoms. The van der Waals surface area contributed by atoms with Crippen LogP contribution < -0.4 is 10.1 Å². The van der Waals surface area contributed by atoms with Gasteiger partial charge >= 0.3 is 12.0 Å². The number of benzene rings is 1. The van der Waals surface area contributed by atoms with Gasteiger partial charge in [-0.15, -0.1) is 0 Å². The SMILES string of the molecule is COc1ccc(C(C)N(C)C(=O)NC2CCC(C(=O)O)CC2)cc1. The summed E-state index contributed by atoms with van der Waals surface area (Å²) in [5, 5.41) is 12.0. The second-order valence-electron chi connectivity index (χ2n) is 6.40. The molecule has 0 aliphatic heterocycles. The number of ether oxygens (including phenoxy) is 1. The number of methoxy groups -OCH3 is 1. The zero-order chi connectivity index (χ0) is 17.7. The molecule has 1 saturated carbocycles. The average molecular weight is 334 g/mol. The summed E-state index contributed by atoms with van der Waals surface area (Å²) in [6.45, 7) is 1.97. The highest BCUT2D eigenvalue weighted by molar-refractivity contribution is 5.75. The highest BCUT2D eigenvalue weighted by Crippen LogP contribution is 2.25. The Labute approximate surface area is 142 Å². The molecule has 6 nitrogen and oxygen atoms in total. The van der Waals surface area contributed by atoms with Crippen LogP contribution in [0.4, 0.5) is 4.79 Å². The molecule has 2 amide bonds. The second kappa shape index (κ2) is 8.04. The van der Waals surface area contributed by atoms with Gasteiger partial charge in [0.05, 0.1) is 19.1 Å². The molecular weight excluding hydrogens is 308 g/mol. The fraction of sp³-hybridized carbons (Fsp3) is 0.556. The van der Waals surface area contributed by atoms with Crippen LogP contribution in [0, 0.1) is 5.92 Å². The van der Waals surface area contributed by atoms with Crippen molar-refractivity contribution in [1.29, 1.82) is 0 Å². The van der Waals surface area contributed by atoms with Gasteiger partial charge in [-0.25, -0.2) is 4.79 Å². The van der Waals surface area contributed by atoms with E-state index in [2.05, 4.69) is 5.32 Å². The summed E-state index contributed by atoms with van der Waals surface area (Å²) in [6, 6.07) is 7.52. The first-order valence-corrected chi connectivity index (χ1v) is 8.32. The number of urea groups is 1. The van der Waals surface area contributed by atoms with Crippen molar-refractivity contribution >= 4 is 12.0 Å². The molecule has 1 aromatic carbocycles. The smallest absolute Gasteiger partial charge is 0.317 e. The summed E-state index contributed by atoms with van der Waals surface area (Å²) >= 11 is 0. The Balaban J connectivity index is 1.88. The van der Waals surface area contributed by atoms with Crippen LogP contribution in [0.15, 0.2) is 24.3 Å². The van der Waals surface area contributed by atoms with E-state index in [1.807, 2.05) is 31.2 Å². The van der Waals surface area contributed by atoms with Gasteiger partial charge in [0.2, 0.25) is 0 Å². The van der Waals surface area contributed by atoms with Gasteiger partial charge in [0, 0.05) is 13.1 Å². The van der Waals surface area contributed by atoms with Crippen LogP contribution in [-0.4, -0.2) is 42.2 Å². The van der Waals surface area contributed by atoms with Gasteiger partial charge in [-0.2, -0.15) is 0 Å². The highest BCUT2D eigenvalue weighted by Gasteiger charge is 2.28. The lowest BCUT2D eigenvalue weighted by atomic mass is 9.86. The third kappa shape index (κ3) is 4.40. The second-order valence-corrected chi connectivity index (χ2v) is 6.40. The predicted octanol–water partition coefficient (Wildman–Crippen LogP) is 3.04. The maximum Gasteiger partial charge on any atom is 0.317 e. The third-order valence-electron chi connectivity index (χ3n) is 4.90. The number of hydrogen-bond donors (Lipinski definition) is 2. The molecule has 1 aliphatic carbocycles. The van der Waals surface area contributed by atoms with Crippen molar-refractivity contribution in [2.24, 2.45) is 5.92 Å². The van der Waals surface area contributed by atoms with Crippen molar-refractivity contribution in [1.82, 2.24) is 10.2 Å². The van der Waals surface area contributed by atoms with E-state index in [1.54, 1.807) is 19.1 Å². The molecule has 2 rings (SSSR count). The first kappa shape index (κ1) is 18.1. The highest BCUT2D eigenvalue weighted by atomic mass is 16.5. The summed E-state index contributed by atoms with van der Waals surface area (Å²) in [4.78, 5) is 25.1. The van der Waals surface area contributed by atoms with Crippen molar-refractivity contribution in [3.05, 3.63) is 29.8 Å². The van der Waals surface area contributed by atoms with Gasteiger partial charge in [-0.05, 0) is 50.3 Å². The van der Waals surface area contributed by atoms with Crippen LogP contribution >= 0.6 is 0 Å². The van der Waals surface area contributed by atoms with Gasteiger partial charge < -0.3 is 20.1 Å². The third-order valence-corrected chi connectivity index (χ3v) is 4.90. The van der Waals surface area contributed by atoms with E-state index in [1.165, 1.54) is 0 Å². The number of carbonyl (C=O) groups is 2. The normalized spacial score (nSPS) is 21.6. The number of amides is 2. The van der Waals surface area contributed by atoms with Crippen molar-refractivity contribution in [3.63, 3.8) is 0 Å². The summed E-state index contributed by atoms with van der Waals surface area (Å²) < 4.78 is 5.15. The Morgan fingerprint density at radius 2 is 1.79 bits per heavy atom. The number of rotatable bonds is 5. The van der Waals surface area contributed by atoms with Crippen molar-refractivity contribution in [3.8, 4) is 5.75 Å². The van der Waals surface area contributed by atoms with Gasteiger partial charge in [0.1, 0.15) is 5.75 Å². The topological polar surface area (TPSA) is 78.9 Å². The molecule has 24 heavy (non-hydrogen) atoms. The van der Waals surface area contributed by atoms with Crippen LogP contribution in [-0.2, 0) is 4.79 Å².